The molecule has 1 atom stereocenters. The van der Waals surface area contributed by atoms with Crippen LogP contribution in [-0.2, 0) is 11.3 Å². The highest BCUT2D eigenvalue weighted by atomic mass is 16.6. The average Bonchev–Trinajstić information content (AvgIpc) is 3.19. The van der Waals surface area contributed by atoms with Crippen molar-refractivity contribution in [2.75, 3.05) is 6.61 Å². The summed E-state index contributed by atoms with van der Waals surface area (Å²) < 4.78 is 7.62. The summed E-state index contributed by atoms with van der Waals surface area (Å²) in [4.78, 5) is 8.92. The Hall–Kier alpha value is -1.42. The van der Waals surface area contributed by atoms with Gasteiger partial charge in [0, 0.05) is 12.1 Å². The second-order valence-electron chi connectivity index (χ2n) is 4.67. The normalized spacial score (nSPS) is 23.9. The van der Waals surface area contributed by atoms with E-state index in [9.17, 15) is 0 Å². The highest BCUT2D eigenvalue weighted by Gasteiger charge is 2.32. The minimum Gasteiger partial charge on any atom is -0.371 e. The largest absolute Gasteiger partial charge is 0.371 e. The molecule has 2 aliphatic rings. The van der Waals surface area contributed by atoms with Crippen LogP contribution < -0.4 is 0 Å². The number of rotatable bonds is 3. The zero-order valence-electron chi connectivity index (χ0n) is 8.97. The van der Waals surface area contributed by atoms with Crippen LogP contribution in [0.4, 0.5) is 0 Å². The number of fused-ring (bicyclic) bond motifs is 1. The Bertz CT molecular complexity index is 540. The Morgan fingerprint density at radius 3 is 3.06 bits per heavy atom. The summed E-state index contributed by atoms with van der Waals surface area (Å²) in [5, 5.41) is 0. The topological polar surface area (TPSA) is 43.2 Å². The molecular formula is C12H13N3O. The van der Waals surface area contributed by atoms with Crippen molar-refractivity contribution < 1.29 is 4.74 Å². The summed E-state index contributed by atoms with van der Waals surface area (Å²) in [7, 11) is 0. The van der Waals surface area contributed by atoms with E-state index in [4.69, 9.17) is 9.72 Å². The molecule has 0 spiro atoms. The van der Waals surface area contributed by atoms with Gasteiger partial charge >= 0.3 is 0 Å². The van der Waals surface area contributed by atoms with Crippen LogP contribution in [0.15, 0.2) is 18.5 Å². The number of aromatic nitrogens is 3. The Morgan fingerprint density at radius 2 is 2.31 bits per heavy atom. The van der Waals surface area contributed by atoms with Crippen molar-refractivity contribution in [2.45, 2.75) is 31.4 Å². The SMILES string of the molecule is c1cc2nc(C3CC3)n(C[C@@H]3CO3)c2cn1. The molecule has 0 amide bonds. The van der Waals surface area contributed by atoms with Crippen LogP contribution >= 0.6 is 0 Å². The van der Waals surface area contributed by atoms with E-state index in [1.165, 1.54) is 18.7 Å². The van der Waals surface area contributed by atoms with Crippen molar-refractivity contribution in [2.24, 2.45) is 0 Å². The van der Waals surface area contributed by atoms with Crippen LogP contribution in [0.5, 0.6) is 0 Å². The van der Waals surface area contributed by atoms with Gasteiger partial charge in [0.2, 0.25) is 0 Å². The highest BCUT2D eigenvalue weighted by Crippen LogP contribution is 2.40. The van der Waals surface area contributed by atoms with E-state index in [-0.39, 0.29) is 0 Å². The Labute approximate surface area is 93.3 Å². The van der Waals surface area contributed by atoms with E-state index < -0.39 is 0 Å². The molecule has 0 N–H and O–H groups in total. The molecule has 1 aliphatic carbocycles. The molecule has 16 heavy (non-hydrogen) atoms. The summed E-state index contributed by atoms with van der Waals surface area (Å²) in [6.07, 6.45) is 6.68. The maximum Gasteiger partial charge on any atom is 0.113 e. The molecule has 0 aromatic carbocycles. The molecule has 0 unspecified atom stereocenters. The van der Waals surface area contributed by atoms with Crippen LogP contribution in [0.25, 0.3) is 11.0 Å². The minimum absolute atomic E-state index is 0.398. The Kier molecular flexibility index (Phi) is 1.65. The van der Waals surface area contributed by atoms with E-state index in [1.807, 2.05) is 18.5 Å². The molecule has 4 rings (SSSR count). The van der Waals surface area contributed by atoms with E-state index in [2.05, 4.69) is 9.55 Å². The molecule has 2 aromatic rings. The van der Waals surface area contributed by atoms with Gasteiger partial charge in [-0.2, -0.15) is 0 Å². The third-order valence-electron chi connectivity index (χ3n) is 3.31. The second kappa shape index (κ2) is 3.04. The zero-order valence-corrected chi connectivity index (χ0v) is 8.97. The maximum absolute atomic E-state index is 5.32. The van der Waals surface area contributed by atoms with Gasteiger partial charge in [0.05, 0.1) is 36.5 Å². The first-order valence-electron chi connectivity index (χ1n) is 5.83. The predicted molar refractivity (Wildman–Crippen MR) is 59.2 cm³/mol. The standard InChI is InChI=1S/C12H13N3O/c1-2-8(1)12-14-10-3-4-13-5-11(10)15(12)6-9-7-16-9/h3-5,8-9H,1-2,6-7H2/t9-/m1/s1. The highest BCUT2D eigenvalue weighted by molar-refractivity contribution is 5.75. The lowest BCUT2D eigenvalue weighted by molar-refractivity contribution is 0.382. The molecular weight excluding hydrogens is 202 g/mol. The quantitative estimate of drug-likeness (QED) is 0.732. The Morgan fingerprint density at radius 1 is 1.44 bits per heavy atom. The predicted octanol–water partition coefficient (Wildman–Crippen LogP) is 1.71. The van der Waals surface area contributed by atoms with Gasteiger partial charge in [0.1, 0.15) is 5.82 Å². The van der Waals surface area contributed by atoms with E-state index in [0.717, 1.165) is 24.2 Å². The van der Waals surface area contributed by atoms with Crippen molar-refractivity contribution in [3.63, 3.8) is 0 Å². The van der Waals surface area contributed by atoms with Crippen LogP contribution in [0, 0.1) is 0 Å². The lowest BCUT2D eigenvalue weighted by atomic mass is 10.3. The number of pyridine rings is 1. The van der Waals surface area contributed by atoms with Crippen molar-refractivity contribution >= 4 is 11.0 Å². The molecule has 0 radical (unpaired) electrons. The summed E-state index contributed by atoms with van der Waals surface area (Å²) in [5.74, 6) is 1.91. The van der Waals surface area contributed by atoms with Crippen LogP contribution in [0.1, 0.15) is 24.6 Å². The van der Waals surface area contributed by atoms with E-state index >= 15 is 0 Å². The van der Waals surface area contributed by atoms with Crippen LogP contribution in [0.2, 0.25) is 0 Å². The van der Waals surface area contributed by atoms with Crippen molar-refractivity contribution in [3.05, 3.63) is 24.3 Å². The van der Waals surface area contributed by atoms with Gasteiger partial charge < -0.3 is 9.30 Å². The van der Waals surface area contributed by atoms with Crippen LogP contribution in [-0.4, -0.2) is 27.2 Å². The molecule has 82 valence electrons. The summed E-state index contributed by atoms with van der Waals surface area (Å²) >= 11 is 0. The van der Waals surface area contributed by atoms with Gasteiger partial charge in [0.25, 0.3) is 0 Å². The number of ether oxygens (including phenoxy) is 1. The van der Waals surface area contributed by atoms with Gasteiger partial charge in [-0.15, -0.1) is 0 Å². The molecule has 0 bridgehead atoms. The molecule has 1 saturated carbocycles. The molecule has 1 saturated heterocycles. The third-order valence-corrected chi connectivity index (χ3v) is 3.31. The smallest absolute Gasteiger partial charge is 0.113 e. The van der Waals surface area contributed by atoms with E-state index in [1.54, 1.807) is 0 Å². The first-order valence-corrected chi connectivity index (χ1v) is 5.83. The summed E-state index contributed by atoms with van der Waals surface area (Å²) in [6, 6.07) is 1.99. The summed E-state index contributed by atoms with van der Waals surface area (Å²) in [6.45, 7) is 1.83. The van der Waals surface area contributed by atoms with Gasteiger partial charge in [-0.05, 0) is 18.9 Å². The lowest BCUT2D eigenvalue weighted by Gasteiger charge is -2.05. The number of hydrogen-bond donors (Lipinski definition) is 0. The Balaban J connectivity index is 1.88. The fraction of sp³-hybridized carbons (Fsp3) is 0.500. The molecule has 4 nitrogen and oxygen atoms in total. The monoisotopic (exact) mass is 215 g/mol. The molecule has 2 aromatic heterocycles. The molecule has 2 fully saturated rings. The van der Waals surface area contributed by atoms with Gasteiger partial charge in [-0.25, -0.2) is 4.98 Å². The fourth-order valence-corrected chi connectivity index (χ4v) is 2.21. The first-order chi connectivity index (χ1) is 7.92. The van der Waals surface area contributed by atoms with Crippen molar-refractivity contribution in [1.82, 2.24) is 14.5 Å². The van der Waals surface area contributed by atoms with Crippen LogP contribution in [0.3, 0.4) is 0 Å². The van der Waals surface area contributed by atoms with Crippen molar-refractivity contribution in [3.8, 4) is 0 Å². The van der Waals surface area contributed by atoms with E-state index in [0.29, 0.717) is 12.0 Å². The summed E-state index contributed by atoms with van der Waals surface area (Å²) in [5.41, 5.74) is 2.22. The number of nitrogens with zero attached hydrogens (tertiary/aromatic N) is 3. The molecule has 1 aliphatic heterocycles. The second-order valence-corrected chi connectivity index (χ2v) is 4.67. The maximum atomic E-state index is 5.32. The number of epoxide rings is 1. The zero-order chi connectivity index (χ0) is 10.5. The third kappa shape index (κ3) is 1.33. The lowest BCUT2D eigenvalue weighted by Crippen LogP contribution is -2.07. The van der Waals surface area contributed by atoms with Gasteiger partial charge in [0.15, 0.2) is 0 Å². The number of hydrogen-bond acceptors (Lipinski definition) is 3. The fourth-order valence-electron chi connectivity index (χ4n) is 2.21. The molecule has 3 heterocycles. The first kappa shape index (κ1) is 8.70. The molecule has 4 heteroatoms. The van der Waals surface area contributed by atoms with Gasteiger partial charge in [-0.3, -0.25) is 4.98 Å². The number of imidazole rings is 1. The average molecular weight is 215 g/mol. The van der Waals surface area contributed by atoms with Crippen molar-refractivity contribution in [1.29, 1.82) is 0 Å². The minimum atomic E-state index is 0.398. The van der Waals surface area contributed by atoms with Gasteiger partial charge in [-0.1, -0.05) is 0 Å².